The molecule has 4 heteroatoms. The summed E-state index contributed by atoms with van der Waals surface area (Å²) in [6.45, 7) is 2.20. The molecule has 0 saturated heterocycles. The molecule has 4 nitrogen and oxygen atoms in total. The molecular weight excluding hydrogens is 278 g/mol. The van der Waals surface area contributed by atoms with Crippen LogP contribution in [0.25, 0.3) is 0 Å². The molecule has 0 N–H and O–H groups in total. The summed E-state index contributed by atoms with van der Waals surface area (Å²) in [4.78, 5) is 21.0. The molecule has 0 aromatic rings. The van der Waals surface area contributed by atoms with Gasteiger partial charge in [-0.15, -0.1) is 0 Å². The third-order valence-corrected chi connectivity index (χ3v) is 3.93. The quantitative estimate of drug-likeness (QED) is 0.156. The normalized spacial score (nSPS) is 11.6. The van der Waals surface area contributed by atoms with E-state index >= 15 is 0 Å². The highest BCUT2D eigenvalue weighted by Gasteiger charge is 2.09. The second kappa shape index (κ2) is 16.2. The molecule has 0 fully saturated rings. The molecule has 0 amide bonds. The summed E-state index contributed by atoms with van der Waals surface area (Å²) in [5, 5.41) is 11.0. The molecule has 0 bridgehead atoms. The lowest BCUT2D eigenvalue weighted by molar-refractivity contribution is -0.428. The van der Waals surface area contributed by atoms with Crippen LogP contribution in [0.4, 0.5) is 0 Å². The van der Waals surface area contributed by atoms with Gasteiger partial charge in [-0.05, 0) is 31.8 Å². The topological polar surface area (TPSA) is 60.2 Å². The van der Waals surface area contributed by atoms with Crippen molar-refractivity contribution in [3.8, 4) is 0 Å². The molecule has 0 aromatic heterocycles. The van der Waals surface area contributed by atoms with Crippen LogP contribution in [-0.4, -0.2) is 11.2 Å². The maximum absolute atomic E-state index is 11.0. The first-order valence-corrected chi connectivity index (χ1v) is 8.99. The first-order valence-electron chi connectivity index (χ1n) is 8.99. The van der Waals surface area contributed by atoms with Crippen molar-refractivity contribution in [1.29, 1.82) is 0 Å². The van der Waals surface area contributed by atoms with Crippen molar-refractivity contribution in [3.05, 3.63) is 21.9 Å². The summed E-state index contributed by atoms with van der Waals surface area (Å²) in [6.07, 6.45) is 17.1. The van der Waals surface area contributed by atoms with Gasteiger partial charge in [-0.1, -0.05) is 58.3 Å². The average Bonchev–Trinajstić information content (AvgIpc) is 2.50. The van der Waals surface area contributed by atoms with Crippen LogP contribution in [0.2, 0.25) is 0 Å². The van der Waals surface area contributed by atoms with E-state index in [1.807, 2.05) is 6.08 Å². The predicted octanol–water partition coefficient (Wildman–Crippen LogP) is 5.83. The zero-order valence-electron chi connectivity index (χ0n) is 14.2. The van der Waals surface area contributed by atoms with Crippen LogP contribution >= 0.6 is 0 Å². The van der Waals surface area contributed by atoms with E-state index in [1.54, 1.807) is 0 Å². The third-order valence-electron chi connectivity index (χ3n) is 3.93. The van der Waals surface area contributed by atoms with E-state index < -0.39 is 0 Å². The lowest BCUT2D eigenvalue weighted by Gasteiger charge is -2.01. The summed E-state index contributed by atoms with van der Waals surface area (Å²) in [7, 11) is 0. The fraction of sp³-hybridized carbons (Fsp3) is 0.833. The van der Waals surface area contributed by atoms with Gasteiger partial charge in [0.15, 0.2) is 0 Å². The second-order valence-corrected chi connectivity index (χ2v) is 5.98. The van der Waals surface area contributed by atoms with E-state index in [9.17, 15) is 14.9 Å². The molecule has 0 saturated carbocycles. The van der Waals surface area contributed by atoms with Crippen LogP contribution in [0.5, 0.6) is 0 Å². The highest BCUT2D eigenvalue weighted by atomic mass is 16.6. The molecule has 22 heavy (non-hydrogen) atoms. The van der Waals surface area contributed by atoms with Crippen LogP contribution < -0.4 is 0 Å². The summed E-state index contributed by atoms with van der Waals surface area (Å²) in [6, 6.07) is 0. The standard InChI is InChI=1S/C18H33NO3/c1-2-3-4-5-6-9-12-15-18(19(21)22)16-13-10-7-8-11-14-17-20/h15,17H,2-14,16H2,1H3. The van der Waals surface area contributed by atoms with Gasteiger partial charge in [-0.2, -0.15) is 0 Å². The Morgan fingerprint density at radius 1 is 0.864 bits per heavy atom. The van der Waals surface area contributed by atoms with E-state index in [2.05, 4.69) is 6.92 Å². The van der Waals surface area contributed by atoms with Crippen LogP contribution in [0.15, 0.2) is 11.8 Å². The van der Waals surface area contributed by atoms with Crippen LogP contribution in [-0.2, 0) is 4.79 Å². The van der Waals surface area contributed by atoms with Crippen LogP contribution in [0, 0.1) is 10.1 Å². The molecule has 0 spiro atoms. The molecule has 0 aliphatic rings. The van der Waals surface area contributed by atoms with Gasteiger partial charge in [0.25, 0.3) is 0 Å². The number of hydrogen-bond acceptors (Lipinski definition) is 3. The lowest BCUT2D eigenvalue weighted by Crippen LogP contribution is -1.99. The molecule has 0 rings (SSSR count). The van der Waals surface area contributed by atoms with Gasteiger partial charge in [-0.3, -0.25) is 10.1 Å². The fourth-order valence-corrected chi connectivity index (χ4v) is 2.53. The largest absolute Gasteiger partial charge is 0.303 e. The number of nitro groups is 1. The number of carbonyl (C=O) groups is 1. The maximum atomic E-state index is 11.0. The predicted molar refractivity (Wildman–Crippen MR) is 91.5 cm³/mol. The van der Waals surface area contributed by atoms with Crippen LogP contribution in [0.1, 0.15) is 96.8 Å². The molecule has 0 aliphatic carbocycles. The van der Waals surface area contributed by atoms with Crippen molar-refractivity contribution in [2.75, 3.05) is 0 Å². The van der Waals surface area contributed by atoms with Crippen LogP contribution in [0.3, 0.4) is 0 Å². The minimum absolute atomic E-state index is 0.219. The second-order valence-electron chi connectivity index (χ2n) is 5.98. The van der Waals surface area contributed by atoms with Gasteiger partial charge in [0.1, 0.15) is 6.29 Å². The number of carbonyl (C=O) groups excluding carboxylic acids is 1. The third kappa shape index (κ3) is 13.8. The Labute approximate surface area is 135 Å². The highest BCUT2D eigenvalue weighted by Crippen LogP contribution is 2.14. The van der Waals surface area contributed by atoms with Gasteiger partial charge < -0.3 is 4.79 Å². The minimum Gasteiger partial charge on any atom is -0.303 e. The number of unbranched alkanes of at least 4 members (excludes halogenated alkanes) is 11. The molecule has 0 aliphatic heterocycles. The number of rotatable bonds is 16. The fourth-order valence-electron chi connectivity index (χ4n) is 2.53. The number of aldehydes is 1. The van der Waals surface area contributed by atoms with Crippen molar-refractivity contribution in [3.63, 3.8) is 0 Å². The van der Waals surface area contributed by atoms with Gasteiger partial charge in [0.2, 0.25) is 5.70 Å². The zero-order chi connectivity index (χ0) is 16.5. The number of nitrogens with zero attached hydrogens (tertiary/aromatic N) is 1. The first-order chi connectivity index (χ1) is 10.7. The summed E-state index contributed by atoms with van der Waals surface area (Å²) in [5.41, 5.74) is 0.390. The molecule has 0 unspecified atom stereocenters. The van der Waals surface area contributed by atoms with Crippen molar-refractivity contribution in [2.45, 2.75) is 96.8 Å². The van der Waals surface area contributed by atoms with E-state index in [0.717, 1.165) is 51.2 Å². The molecular formula is C18H33NO3. The Morgan fingerprint density at radius 3 is 2.00 bits per heavy atom. The average molecular weight is 311 g/mol. The first kappa shape index (κ1) is 20.8. The van der Waals surface area contributed by atoms with E-state index in [1.165, 1.54) is 32.1 Å². The zero-order valence-corrected chi connectivity index (χ0v) is 14.2. The summed E-state index contributed by atoms with van der Waals surface area (Å²) in [5.74, 6) is 0. The molecule has 0 heterocycles. The molecule has 0 aromatic carbocycles. The lowest BCUT2D eigenvalue weighted by atomic mass is 10.1. The van der Waals surface area contributed by atoms with Crippen molar-refractivity contribution < 1.29 is 9.72 Å². The van der Waals surface area contributed by atoms with Crippen molar-refractivity contribution in [2.24, 2.45) is 0 Å². The van der Waals surface area contributed by atoms with Gasteiger partial charge in [0.05, 0.1) is 4.92 Å². The Bertz CT molecular complexity index is 313. The van der Waals surface area contributed by atoms with Crippen molar-refractivity contribution in [1.82, 2.24) is 0 Å². The van der Waals surface area contributed by atoms with Crippen molar-refractivity contribution >= 4 is 6.29 Å². The Balaban J connectivity index is 3.69. The Kier molecular flexibility index (Phi) is 15.3. The monoisotopic (exact) mass is 311 g/mol. The Morgan fingerprint density at radius 2 is 1.41 bits per heavy atom. The van der Waals surface area contributed by atoms with E-state index in [-0.39, 0.29) is 4.92 Å². The SMILES string of the molecule is CCCCCCCCC=C(CCCCCCCC=O)[N+](=O)[O-]. The van der Waals surface area contributed by atoms with Gasteiger partial charge in [0, 0.05) is 12.8 Å². The molecule has 0 atom stereocenters. The molecule has 0 radical (unpaired) electrons. The molecule has 128 valence electrons. The smallest absolute Gasteiger partial charge is 0.242 e. The van der Waals surface area contributed by atoms with E-state index in [0.29, 0.717) is 18.5 Å². The number of hydrogen-bond donors (Lipinski definition) is 0. The summed E-state index contributed by atoms with van der Waals surface area (Å²) < 4.78 is 0. The number of allylic oxidation sites excluding steroid dienone is 2. The van der Waals surface area contributed by atoms with E-state index in [4.69, 9.17) is 0 Å². The Hall–Kier alpha value is -1.19. The maximum Gasteiger partial charge on any atom is 0.242 e. The highest BCUT2D eigenvalue weighted by molar-refractivity contribution is 5.48. The minimum atomic E-state index is -0.219. The van der Waals surface area contributed by atoms with Gasteiger partial charge in [-0.25, -0.2) is 0 Å². The summed E-state index contributed by atoms with van der Waals surface area (Å²) >= 11 is 0. The van der Waals surface area contributed by atoms with Gasteiger partial charge >= 0.3 is 0 Å².